The fourth-order valence-electron chi connectivity index (χ4n) is 5.78. The van der Waals surface area contributed by atoms with E-state index in [4.69, 9.17) is 4.74 Å². The number of likely N-dealkylation sites (tertiary alicyclic amines) is 2. The molecule has 6 heterocycles. The van der Waals surface area contributed by atoms with E-state index in [2.05, 4.69) is 16.0 Å². The van der Waals surface area contributed by atoms with Gasteiger partial charge in [0.1, 0.15) is 4.88 Å². The van der Waals surface area contributed by atoms with Gasteiger partial charge in [-0.15, -0.1) is 11.3 Å². The number of hydrogen-bond acceptors (Lipinski definition) is 6. The molecule has 7 nitrogen and oxygen atoms in total. The van der Waals surface area contributed by atoms with Crippen molar-refractivity contribution < 1.29 is 9.53 Å². The van der Waals surface area contributed by atoms with Gasteiger partial charge in [0.25, 0.3) is 11.5 Å². The fourth-order valence-corrected chi connectivity index (χ4v) is 6.53. The smallest absolute Gasteiger partial charge is 0.265 e. The molecule has 0 saturated carbocycles. The summed E-state index contributed by atoms with van der Waals surface area (Å²) in [6, 6.07) is 4.62. The Hall–Kier alpha value is -2.03. The Balaban J connectivity index is 1.24. The van der Waals surface area contributed by atoms with Crippen LogP contribution in [0.2, 0.25) is 0 Å². The van der Waals surface area contributed by atoms with Crippen molar-refractivity contribution in [3.05, 3.63) is 49.8 Å². The number of thiazole rings is 1. The molecule has 3 saturated heterocycles. The number of amides is 1. The maximum atomic E-state index is 13.3. The molecule has 30 heavy (non-hydrogen) atoms. The lowest BCUT2D eigenvalue weighted by molar-refractivity contribution is 0.0270. The largest absolute Gasteiger partial charge is 0.375 e. The van der Waals surface area contributed by atoms with Crippen molar-refractivity contribution in [2.24, 2.45) is 5.92 Å². The Labute approximate surface area is 179 Å². The zero-order valence-corrected chi connectivity index (χ0v) is 17.9. The molecule has 8 heteroatoms. The average Bonchev–Trinajstić information content (AvgIpc) is 3.47. The van der Waals surface area contributed by atoms with Crippen LogP contribution in [0.15, 0.2) is 23.1 Å². The molecular formula is C22H26N4O3S. The number of hydrogen-bond donors (Lipinski definition) is 0. The number of carbonyl (C=O) groups excluding carboxylic acids is 1. The summed E-state index contributed by atoms with van der Waals surface area (Å²) >= 11 is 1.46. The monoisotopic (exact) mass is 426 g/mol. The van der Waals surface area contributed by atoms with Crippen molar-refractivity contribution in [1.82, 2.24) is 19.4 Å². The van der Waals surface area contributed by atoms with Crippen LogP contribution in [0.5, 0.6) is 0 Å². The van der Waals surface area contributed by atoms with Crippen molar-refractivity contribution in [2.75, 3.05) is 26.2 Å². The third kappa shape index (κ3) is 3.04. The van der Waals surface area contributed by atoms with E-state index in [0.29, 0.717) is 42.6 Å². The summed E-state index contributed by atoms with van der Waals surface area (Å²) in [4.78, 5) is 35.6. The summed E-state index contributed by atoms with van der Waals surface area (Å²) in [6.07, 6.45) is 4.19. The standard InChI is InChI=1S/C22H26N4O3S/c1-13-23-6-20(30-13)22(28)25-7-14-4-16(10-25)19-3-2-15(21(27)26(19)8-14)9-24-11-18-5-17(24)12-29-18/h2-3,6,14,16-18H,4-5,7-12H2,1H3/t14-,16+,17+,18+/m0/s1. The summed E-state index contributed by atoms with van der Waals surface area (Å²) in [6.45, 7) is 6.48. The third-order valence-corrected chi connectivity index (χ3v) is 8.09. The van der Waals surface area contributed by atoms with Gasteiger partial charge in [-0.25, -0.2) is 4.98 Å². The maximum Gasteiger partial charge on any atom is 0.265 e. The highest BCUT2D eigenvalue weighted by Gasteiger charge is 2.40. The Morgan fingerprint density at radius 2 is 2.13 bits per heavy atom. The summed E-state index contributed by atoms with van der Waals surface area (Å²) < 4.78 is 7.69. The van der Waals surface area contributed by atoms with Gasteiger partial charge in [-0.05, 0) is 31.7 Å². The van der Waals surface area contributed by atoms with Crippen LogP contribution in [0.25, 0.3) is 0 Å². The van der Waals surface area contributed by atoms with Gasteiger partial charge in [0.2, 0.25) is 0 Å². The Kier molecular flexibility index (Phi) is 4.37. The molecule has 0 unspecified atom stereocenters. The molecule has 1 amide bonds. The van der Waals surface area contributed by atoms with Gasteiger partial charge in [-0.2, -0.15) is 0 Å². The second kappa shape index (κ2) is 7.00. The molecule has 2 aromatic rings. The lowest BCUT2D eigenvalue weighted by atomic mass is 9.83. The second-order valence-corrected chi connectivity index (χ2v) is 10.5. The van der Waals surface area contributed by atoms with Crippen LogP contribution >= 0.6 is 11.3 Å². The van der Waals surface area contributed by atoms with Crippen LogP contribution in [0.1, 0.15) is 44.7 Å². The number of pyridine rings is 1. The predicted molar refractivity (Wildman–Crippen MR) is 113 cm³/mol. The van der Waals surface area contributed by atoms with Gasteiger partial charge in [0.05, 0.1) is 23.9 Å². The Morgan fingerprint density at radius 3 is 2.87 bits per heavy atom. The first-order valence-electron chi connectivity index (χ1n) is 10.8. The number of fused-ring (bicyclic) bond motifs is 6. The zero-order chi connectivity index (χ0) is 20.4. The molecule has 4 atom stereocenters. The zero-order valence-electron chi connectivity index (χ0n) is 17.1. The lowest BCUT2D eigenvalue weighted by Crippen LogP contribution is -2.49. The van der Waals surface area contributed by atoms with E-state index in [0.717, 1.165) is 48.8 Å². The molecule has 0 radical (unpaired) electrons. The fraction of sp³-hybridized carbons (Fsp3) is 0.591. The summed E-state index contributed by atoms with van der Waals surface area (Å²) in [5.74, 6) is 0.640. The SMILES string of the molecule is Cc1ncc(C(=O)N2C[C@@H]3C[C@H](C2)c2ccc(CN4C[C@H]5C[C@@H]4CO5)c(=O)n2C3)s1. The van der Waals surface area contributed by atoms with Gasteiger partial charge in [0.15, 0.2) is 0 Å². The molecule has 4 aliphatic rings. The summed E-state index contributed by atoms with van der Waals surface area (Å²) in [5.41, 5.74) is 2.13. The Bertz CT molecular complexity index is 1060. The molecule has 2 aromatic heterocycles. The predicted octanol–water partition coefficient (Wildman–Crippen LogP) is 1.85. The van der Waals surface area contributed by atoms with E-state index < -0.39 is 0 Å². The van der Waals surface area contributed by atoms with Gasteiger partial charge in [-0.3, -0.25) is 14.5 Å². The number of ether oxygens (including phenoxy) is 1. The van der Waals surface area contributed by atoms with Crippen molar-refractivity contribution in [3.63, 3.8) is 0 Å². The van der Waals surface area contributed by atoms with Crippen molar-refractivity contribution in [3.8, 4) is 0 Å². The quantitative estimate of drug-likeness (QED) is 0.749. The topological polar surface area (TPSA) is 67.7 Å². The summed E-state index contributed by atoms with van der Waals surface area (Å²) in [7, 11) is 0. The molecular weight excluding hydrogens is 400 g/mol. The molecule has 6 rings (SSSR count). The van der Waals surface area contributed by atoms with E-state index >= 15 is 0 Å². The van der Waals surface area contributed by atoms with Crippen molar-refractivity contribution >= 4 is 17.2 Å². The van der Waals surface area contributed by atoms with Crippen LogP contribution in [-0.4, -0.2) is 63.6 Å². The first-order chi connectivity index (χ1) is 14.5. The van der Waals surface area contributed by atoms with E-state index in [9.17, 15) is 9.59 Å². The average molecular weight is 427 g/mol. The molecule has 0 N–H and O–H groups in total. The lowest BCUT2D eigenvalue weighted by Gasteiger charge is -2.42. The molecule has 0 aliphatic carbocycles. The number of nitrogens with zero attached hydrogens (tertiary/aromatic N) is 4. The van der Waals surface area contributed by atoms with Crippen LogP contribution in [0.4, 0.5) is 0 Å². The van der Waals surface area contributed by atoms with Crippen molar-refractivity contribution in [2.45, 2.75) is 50.9 Å². The normalized spacial score (nSPS) is 30.0. The maximum absolute atomic E-state index is 13.3. The van der Waals surface area contributed by atoms with Crippen LogP contribution in [-0.2, 0) is 17.8 Å². The van der Waals surface area contributed by atoms with Gasteiger partial charge >= 0.3 is 0 Å². The van der Waals surface area contributed by atoms with E-state index in [-0.39, 0.29) is 17.4 Å². The molecule has 4 bridgehead atoms. The van der Waals surface area contributed by atoms with Gasteiger partial charge in [-0.1, -0.05) is 6.07 Å². The number of rotatable bonds is 3. The first-order valence-corrected chi connectivity index (χ1v) is 11.7. The third-order valence-electron chi connectivity index (χ3n) is 7.19. The number of carbonyl (C=O) groups is 1. The summed E-state index contributed by atoms with van der Waals surface area (Å²) in [5, 5.41) is 0.915. The van der Waals surface area contributed by atoms with E-state index in [1.807, 2.05) is 22.5 Å². The van der Waals surface area contributed by atoms with Gasteiger partial charge in [0, 0.05) is 55.9 Å². The minimum atomic E-state index is 0.0778. The second-order valence-electron chi connectivity index (χ2n) is 9.23. The van der Waals surface area contributed by atoms with E-state index in [1.165, 1.54) is 11.3 Å². The van der Waals surface area contributed by atoms with Crippen molar-refractivity contribution in [1.29, 1.82) is 0 Å². The highest BCUT2D eigenvalue weighted by Crippen LogP contribution is 2.36. The van der Waals surface area contributed by atoms with Crippen LogP contribution in [0.3, 0.4) is 0 Å². The highest BCUT2D eigenvalue weighted by atomic mass is 32.1. The minimum Gasteiger partial charge on any atom is -0.375 e. The molecule has 0 aromatic carbocycles. The molecule has 158 valence electrons. The van der Waals surface area contributed by atoms with E-state index in [1.54, 1.807) is 6.20 Å². The number of morpholine rings is 1. The first kappa shape index (κ1) is 18.7. The molecule has 3 fully saturated rings. The molecule has 0 spiro atoms. The Morgan fingerprint density at radius 1 is 1.23 bits per heavy atom. The number of aromatic nitrogens is 2. The minimum absolute atomic E-state index is 0.0778. The van der Waals surface area contributed by atoms with Crippen LogP contribution in [0, 0.1) is 12.8 Å². The number of aryl methyl sites for hydroxylation is 1. The van der Waals surface area contributed by atoms with Gasteiger partial charge < -0.3 is 14.2 Å². The van der Waals surface area contributed by atoms with Crippen LogP contribution < -0.4 is 5.56 Å². The highest BCUT2D eigenvalue weighted by molar-refractivity contribution is 7.13. The molecule has 4 aliphatic heterocycles. The number of piperidine rings is 1.